The molecule has 7 heteroatoms. The molecule has 1 amide bonds. The van der Waals surface area contributed by atoms with Crippen molar-refractivity contribution < 1.29 is 14.3 Å². The van der Waals surface area contributed by atoms with Crippen molar-refractivity contribution in [1.29, 1.82) is 0 Å². The van der Waals surface area contributed by atoms with Crippen LogP contribution in [0.5, 0.6) is 0 Å². The third-order valence-electron chi connectivity index (χ3n) is 5.50. The number of aromatic nitrogens is 2. The van der Waals surface area contributed by atoms with Crippen molar-refractivity contribution >= 4 is 29.2 Å². The van der Waals surface area contributed by atoms with E-state index in [9.17, 15) is 9.59 Å². The number of aryl methyl sites for hydroxylation is 1. The molecule has 0 radical (unpaired) electrons. The highest BCUT2D eigenvalue weighted by molar-refractivity contribution is 6.13. The van der Waals surface area contributed by atoms with Gasteiger partial charge in [0, 0.05) is 31.4 Å². The third-order valence-corrected chi connectivity index (χ3v) is 5.50. The van der Waals surface area contributed by atoms with Crippen LogP contribution in [0.25, 0.3) is 0 Å². The summed E-state index contributed by atoms with van der Waals surface area (Å²) in [5.41, 5.74) is 2.51. The van der Waals surface area contributed by atoms with Crippen molar-refractivity contribution in [2.24, 2.45) is 0 Å². The number of pyridine rings is 2. The van der Waals surface area contributed by atoms with Crippen molar-refractivity contribution in [3.05, 3.63) is 41.7 Å². The Kier molecular flexibility index (Phi) is 5.47. The van der Waals surface area contributed by atoms with E-state index in [1.54, 1.807) is 12.4 Å². The van der Waals surface area contributed by atoms with Gasteiger partial charge < -0.3 is 14.5 Å². The molecule has 0 unspecified atom stereocenters. The molecular formula is C22H26N4O3. The number of hydrogen-bond donors (Lipinski definition) is 0. The fourth-order valence-corrected chi connectivity index (χ4v) is 3.86. The number of unbranched alkanes of at least 4 members (excludes halogenated alkanes) is 2. The van der Waals surface area contributed by atoms with Crippen LogP contribution in [-0.4, -0.2) is 41.5 Å². The molecule has 0 N–H and O–H groups in total. The number of esters is 1. The number of fused-ring (bicyclic) bond motifs is 2. The zero-order chi connectivity index (χ0) is 20.4. The van der Waals surface area contributed by atoms with E-state index in [4.69, 9.17) is 4.74 Å². The Labute approximate surface area is 170 Å². The molecule has 0 aromatic carbocycles. The number of carbonyl (C=O) groups is 2. The van der Waals surface area contributed by atoms with Gasteiger partial charge >= 0.3 is 5.97 Å². The second kappa shape index (κ2) is 8.19. The van der Waals surface area contributed by atoms with Gasteiger partial charge in [0.15, 0.2) is 5.82 Å². The number of carbonyl (C=O) groups excluding carboxylic acids is 2. The maximum atomic E-state index is 13.5. The maximum absolute atomic E-state index is 13.5. The molecular weight excluding hydrogens is 368 g/mol. The summed E-state index contributed by atoms with van der Waals surface area (Å²) >= 11 is 0. The van der Waals surface area contributed by atoms with Crippen LogP contribution in [-0.2, 0) is 9.53 Å². The quantitative estimate of drug-likeness (QED) is 0.525. The van der Waals surface area contributed by atoms with Gasteiger partial charge in [-0.15, -0.1) is 0 Å². The largest absolute Gasteiger partial charge is 0.469 e. The minimum absolute atomic E-state index is 0.0402. The van der Waals surface area contributed by atoms with Gasteiger partial charge in [0.2, 0.25) is 0 Å². The monoisotopic (exact) mass is 394 g/mol. The summed E-state index contributed by atoms with van der Waals surface area (Å²) < 4.78 is 4.70. The predicted molar refractivity (Wildman–Crippen MR) is 111 cm³/mol. The van der Waals surface area contributed by atoms with Crippen LogP contribution in [0.1, 0.15) is 54.4 Å². The fourth-order valence-electron chi connectivity index (χ4n) is 3.86. The number of hydrogen-bond acceptors (Lipinski definition) is 6. The molecule has 1 saturated carbocycles. The molecule has 0 saturated heterocycles. The number of amides is 1. The van der Waals surface area contributed by atoms with E-state index in [-0.39, 0.29) is 11.9 Å². The second-order valence-electron chi connectivity index (χ2n) is 7.62. The van der Waals surface area contributed by atoms with Crippen LogP contribution in [0.15, 0.2) is 30.6 Å². The zero-order valence-electron chi connectivity index (χ0n) is 16.9. The number of anilines is 3. The van der Waals surface area contributed by atoms with Crippen LogP contribution < -0.4 is 9.80 Å². The standard InChI is InChI=1S/C22H26N4O3/c1-15-11-13-24-21-19(15)25(14-5-3-4-8-18(27)29-2)22(28)17-7-6-12-23-20(17)26(21)16-9-10-16/h6-7,11-13,16H,3-5,8-10,14H2,1-2H3. The van der Waals surface area contributed by atoms with Gasteiger partial charge in [-0.3, -0.25) is 9.59 Å². The van der Waals surface area contributed by atoms with E-state index >= 15 is 0 Å². The zero-order valence-corrected chi connectivity index (χ0v) is 16.9. The van der Waals surface area contributed by atoms with Gasteiger partial charge in [0.1, 0.15) is 5.82 Å². The van der Waals surface area contributed by atoms with Gasteiger partial charge in [0.05, 0.1) is 18.4 Å². The first-order chi connectivity index (χ1) is 14.1. The second-order valence-corrected chi connectivity index (χ2v) is 7.62. The van der Waals surface area contributed by atoms with E-state index in [2.05, 4.69) is 14.9 Å². The third kappa shape index (κ3) is 3.81. The molecule has 0 spiro atoms. The average molecular weight is 394 g/mol. The molecule has 3 heterocycles. The topological polar surface area (TPSA) is 75.6 Å². The van der Waals surface area contributed by atoms with Gasteiger partial charge in [-0.2, -0.15) is 0 Å². The summed E-state index contributed by atoms with van der Waals surface area (Å²) in [5, 5.41) is 0. The van der Waals surface area contributed by atoms with E-state index in [0.29, 0.717) is 30.4 Å². The van der Waals surface area contributed by atoms with Crippen LogP contribution in [0.2, 0.25) is 0 Å². The Morgan fingerprint density at radius 1 is 1.14 bits per heavy atom. The molecule has 2 aromatic heterocycles. The molecule has 1 aliphatic carbocycles. The summed E-state index contributed by atoms with van der Waals surface area (Å²) in [5.74, 6) is 1.28. The van der Waals surface area contributed by atoms with Crippen molar-refractivity contribution in [1.82, 2.24) is 9.97 Å². The van der Waals surface area contributed by atoms with Crippen molar-refractivity contribution in [3.63, 3.8) is 0 Å². The van der Waals surface area contributed by atoms with Crippen LogP contribution in [0, 0.1) is 6.92 Å². The number of rotatable bonds is 7. The summed E-state index contributed by atoms with van der Waals surface area (Å²) in [6.45, 7) is 2.60. The lowest BCUT2D eigenvalue weighted by Gasteiger charge is -2.27. The highest BCUT2D eigenvalue weighted by atomic mass is 16.5. The highest BCUT2D eigenvalue weighted by Crippen LogP contribution is 2.45. The lowest BCUT2D eigenvalue weighted by Crippen LogP contribution is -2.32. The van der Waals surface area contributed by atoms with Crippen LogP contribution in [0.4, 0.5) is 17.3 Å². The normalized spacial score (nSPS) is 15.6. The summed E-state index contributed by atoms with van der Waals surface area (Å²) in [6.07, 6.45) is 8.49. The lowest BCUT2D eigenvalue weighted by atomic mass is 10.1. The fraction of sp³-hybridized carbons (Fsp3) is 0.455. The molecule has 2 aliphatic rings. The molecule has 1 fully saturated rings. The molecule has 0 atom stereocenters. The summed E-state index contributed by atoms with van der Waals surface area (Å²) in [7, 11) is 1.40. The van der Waals surface area contributed by atoms with Crippen molar-refractivity contribution in [2.75, 3.05) is 23.5 Å². The average Bonchev–Trinajstić information content (AvgIpc) is 3.56. The smallest absolute Gasteiger partial charge is 0.305 e. The minimum Gasteiger partial charge on any atom is -0.469 e. The Morgan fingerprint density at radius 3 is 2.69 bits per heavy atom. The molecule has 2 aromatic rings. The van der Waals surface area contributed by atoms with Gasteiger partial charge in [0.25, 0.3) is 5.91 Å². The van der Waals surface area contributed by atoms with Crippen molar-refractivity contribution in [2.45, 2.75) is 51.5 Å². The van der Waals surface area contributed by atoms with E-state index in [1.807, 2.05) is 30.0 Å². The van der Waals surface area contributed by atoms with Gasteiger partial charge in [-0.25, -0.2) is 9.97 Å². The Morgan fingerprint density at radius 2 is 1.93 bits per heavy atom. The highest BCUT2D eigenvalue weighted by Gasteiger charge is 2.40. The number of methoxy groups -OCH3 is 1. The number of nitrogens with zero attached hydrogens (tertiary/aromatic N) is 4. The van der Waals surface area contributed by atoms with E-state index in [0.717, 1.165) is 49.2 Å². The maximum Gasteiger partial charge on any atom is 0.305 e. The summed E-state index contributed by atoms with van der Waals surface area (Å²) in [6, 6.07) is 5.95. The Balaban J connectivity index is 1.65. The first-order valence-electron chi connectivity index (χ1n) is 10.2. The van der Waals surface area contributed by atoms with Crippen LogP contribution in [0.3, 0.4) is 0 Å². The Bertz CT molecular complexity index is 926. The first kappa shape index (κ1) is 19.4. The first-order valence-corrected chi connectivity index (χ1v) is 10.2. The predicted octanol–water partition coefficient (Wildman–Crippen LogP) is 3.78. The molecule has 0 bridgehead atoms. The molecule has 152 valence electrons. The molecule has 4 rings (SSSR count). The van der Waals surface area contributed by atoms with E-state index in [1.165, 1.54) is 7.11 Å². The van der Waals surface area contributed by atoms with Gasteiger partial charge in [-0.1, -0.05) is 6.42 Å². The minimum atomic E-state index is -0.193. The Hall–Kier alpha value is -2.96. The number of ether oxygens (including phenoxy) is 1. The van der Waals surface area contributed by atoms with Gasteiger partial charge in [-0.05, 0) is 56.4 Å². The molecule has 7 nitrogen and oxygen atoms in total. The molecule has 29 heavy (non-hydrogen) atoms. The van der Waals surface area contributed by atoms with E-state index < -0.39 is 0 Å². The lowest BCUT2D eigenvalue weighted by molar-refractivity contribution is -0.140. The molecule has 1 aliphatic heterocycles. The summed E-state index contributed by atoms with van der Waals surface area (Å²) in [4.78, 5) is 38.1. The SMILES string of the molecule is COC(=O)CCCCCN1C(=O)c2cccnc2N(C2CC2)c2nccc(C)c21. The van der Waals surface area contributed by atoms with Crippen molar-refractivity contribution in [3.8, 4) is 0 Å². The van der Waals surface area contributed by atoms with Crippen LogP contribution >= 0.6 is 0 Å².